The molecule has 3 rings (SSSR count). The first-order chi connectivity index (χ1) is 12.2. The quantitative estimate of drug-likeness (QED) is 0.879. The molecule has 1 saturated heterocycles. The minimum Gasteiger partial charge on any atom is -0.378 e. The van der Waals surface area contributed by atoms with E-state index in [1.807, 2.05) is 18.3 Å². The van der Waals surface area contributed by atoms with E-state index in [0.717, 1.165) is 44.8 Å². The van der Waals surface area contributed by atoms with Gasteiger partial charge in [0.05, 0.1) is 25.1 Å². The van der Waals surface area contributed by atoms with Crippen LogP contribution in [0.4, 0.5) is 11.5 Å². The zero-order valence-corrected chi connectivity index (χ0v) is 14.7. The highest BCUT2D eigenvalue weighted by atomic mass is 16.5. The summed E-state index contributed by atoms with van der Waals surface area (Å²) in [6, 6.07) is 12.3. The van der Waals surface area contributed by atoms with Gasteiger partial charge in [-0.1, -0.05) is 31.2 Å². The fourth-order valence-corrected chi connectivity index (χ4v) is 2.87. The summed E-state index contributed by atoms with van der Waals surface area (Å²) in [4.78, 5) is 18.7. The number of carbonyl (C=O) groups excluding carboxylic acids is 1. The van der Waals surface area contributed by atoms with Gasteiger partial charge in [0.15, 0.2) is 0 Å². The van der Waals surface area contributed by atoms with Gasteiger partial charge in [0, 0.05) is 19.5 Å². The summed E-state index contributed by atoms with van der Waals surface area (Å²) in [6.07, 6.45) is 4.04. The third-order valence-electron chi connectivity index (χ3n) is 4.46. The Morgan fingerprint density at radius 1 is 1.12 bits per heavy atom. The first-order valence-electron chi connectivity index (χ1n) is 8.91. The number of hydrogen-bond donors (Lipinski definition) is 1. The Morgan fingerprint density at radius 2 is 1.84 bits per heavy atom. The smallest absolute Gasteiger partial charge is 0.225 e. The third kappa shape index (κ3) is 5.03. The van der Waals surface area contributed by atoms with E-state index in [1.54, 1.807) is 0 Å². The third-order valence-corrected chi connectivity index (χ3v) is 4.46. The van der Waals surface area contributed by atoms with E-state index < -0.39 is 0 Å². The molecule has 1 aliphatic heterocycles. The van der Waals surface area contributed by atoms with Gasteiger partial charge in [-0.15, -0.1) is 0 Å². The Balaban J connectivity index is 1.48. The van der Waals surface area contributed by atoms with Gasteiger partial charge >= 0.3 is 0 Å². The zero-order valence-electron chi connectivity index (χ0n) is 14.7. The van der Waals surface area contributed by atoms with Crippen LogP contribution in [-0.2, 0) is 22.4 Å². The monoisotopic (exact) mass is 339 g/mol. The van der Waals surface area contributed by atoms with Crippen molar-refractivity contribution in [2.24, 2.45) is 0 Å². The minimum atomic E-state index is -0.00816. The molecule has 0 radical (unpaired) electrons. The molecule has 0 bridgehead atoms. The van der Waals surface area contributed by atoms with Crippen molar-refractivity contribution in [1.82, 2.24) is 4.98 Å². The molecule has 0 atom stereocenters. The van der Waals surface area contributed by atoms with Crippen molar-refractivity contribution in [2.75, 3.05) is 36.5 Å². The number of pyridine rings is 1. The van der Waals surface area contributed by atoms with Crippen LogP contribution in [0.1, 0.15) is 24.5 Å². The lowest BCUT2D eigenvalue weighted by Crippen LogP contribution is -2.36. The summed E-state index contributed by atoms with van der Waals surface area (Å²) >= 11 is 0. The maximum absolute atomic E-state index is 12.1. The van der Waals surface area contributed by atoms with Gasteiger partial charge in [0.25, 0.3) is 0 Å². The molecule has 1 fully saturated rings. The van der Waals surface area contributed by atoms with E-state index >= 15 is 0 Å². The molecule has 132 valence electrons. The molecule has 5 nitrogen and oxygen atoms in total. The number of nitrogens with one attached hydrogen (secondary N) is 1. The average molecular weight is 339 g/mol. The van der Waals surface area contributed by atoms with Gasteiger partial charge in [-0.3, -0.25) is 4.79 Å². The molecule has 0 aliphatic carbocycles. The maximum atomic E-state index is 12.1. The van der Waals surface area contributed by atoms with Crippen LogP contribution in [0.5, 0.6) is 0 Å². The molecule has 25 heavy (non-hydrogen) atoms. The predicted octanol–water partition coefficient (Wildman–Crippen LogP) is 3.05. The SMILES string of the molecule is CCc1ccc(CCC(=O)Nc2ccc(N3CCOCC3)cn2)cc1. The summed E-state index contributed by atoms with van der Waals surface area (Å²) in [5.74, 6) is 0.592. The number of aromatic nitrogens is 1. The van der Waals surface area contributed by atoms with Gasteiger partial charge < -0.3 is 15.0 Å². The number of anilines is 2. The van der Waals surface area contributed by atoms with E-state index in [4.69, 9.17) is 4.74 Å². The molecule has 5 heteroatoms. The minimum absolute atomic E-state index is 0.00816. The Labute approximate surface area is 149 Å². The molecule has 0 unspecified atom stereocenters. The van der Waals surface area contributed by atoms with Crippen LogP contribution in [0.15, 0.2) is 42.6 Å². The number of ether oxygens (including phenoxy) is 1. The number of carbonyl (C=O) groups is 1. The molecule has 2 aromatic rings. The Hall–Kier alpha value is -2.40. The summed E-state index contributed by atoms with van der Waals surface area (Å²) in [6.45, 7) is 5.39. The van der Waals surface area contributed by atoms with Crippen molar-refractivity contribution >= 4 is 17.4 Å². The summed E-state index contributed by atoms with van der Waals surface area (Å²) in [7, 11) is 0. The Kier molecular flexibility index (Phi) is 6.01. The molecule has 0 saturated carbocycles. The fourth-order valence-electron chi connectivity index (χ4n) is 2.87. The zero-order chi connectivity index (χ0) is 17.5. The fraction of sp³-hybridized carbons (Fsp3) is 0.400. The molecular formula is C20H25N3O2. The molecule has 2 heterocycles. The second kappa shape index (κ2) is 8.62. The number of amides is 1. The van der Waals surface area contributed by atoms with Crippen molar-refractivity contribution < 1.29 is 9.53 Å². The highest BCUT2D eigenvalue weighted by molar-refractivity contribution is 5.89. The molecule has 1 aliphatic rings. The van der Waals surface area contributed by atoms with E-state index in [2.05, 4.69) is 46.4 Å². The lowest BCUT2D eigenvalue weighted by molar-refractivity contribution is -0.116. The summed E-state index contributed by atoms with van der Waals surface area (Å²) in [5, 5.41) is 2.87. The Bertz CT molecular complexity index is 677. The van der Waals surface area contributed by atoms with Crippen LogP contribution >= 0.6 is 0 Å². The summed E-state index contributed by atoms with van der Waals surface area (Å²) < 4.78 is 5.35. The number of morpholine rings is 1. The van der Waals surface area contributed by atoms with E-state index in [9.17, 15) is 4.79 Å². The first-order valence-corrected chi connectivity index (χ1v) is 8.91. The van der Waals surface area contributed by atoms with Crippen LogP contribution in [0.3, 0.4) is 0 Å². The van der Waals surface area contributed by atoms with Crippen LogP contribution in [0.2, 0.25) is 0 Å². The molecule has 1 aromatic carbocycles. The van der Waals surface area contributed by atoms with Crippen molar-refractivity contribution in [1.29, 1.82) is 0 Å². The van der Waals surface area contributed by atoms with Crippen molar-refractivity contribution in [3.05, 3.63) is 53.7 Å². The predicted molar refractivity (Wildman–Crippen MR) is 100 cm³/mol. The summed E-state index contributed by atoms with van der Waals surface area (Å²) in [5.41, 5.74) is 3.57. The Morgan fingerprint density at radius 3 is 2.48 bits per heavy atom. The maximum Gasteiger partial charge on any atom is 0.225 e. The van der Waals surface area contributed by atoms with Crippen LogP contribution in [0, 0.1) is 0 Å². The van der Waals surface area contributed by atoms with Gasteiger partial charge in [-0.25, -0.2) is 4.98 Å². The van der Waals surface area contributed by atoms with Crippen LogP contribution < -0.4 is 10.2 Å². The van der Waals surface area contributed by atoms with Crippen molar-refractivity contribution in [3.8, 4) is 0 Å². The van der Waals surface area contributed by atoms with Gasteiger partial charge in [0.1, 0.15) is 5.82 Å². The number of benzene rings is 1. The lowest BCUT2D eigenvalue weighted by atomic mass is 10.1. The number of rotatable bonds is 6. The topological polar surface area (TPSA) is 54.5 Å². The van der Waals surface area contributed by atoms with Gasteiger partial charge in [0.2, 0.25) is 5.91 Å². The highest BCUT2D eigenvalue weighted by Gasteiger charge is 2.11. The van der Waals surface area contributed by atoms with E-state index in [-0.39, 0.29) is 5.91 Å². The first kappa shape index (κ1) is 17.4. The second-order valence-electron chi connectivity index (χ2n) is 6.22. The van der Waals surface area contributed by atoms with Crippen LogP contribution in [-0.4, -0.2) is 37.2 Å². The normalized spacial score (nSPS) is 14.4. The largest absolute Gasteiger partial charge is 0.378 e. The van der Waals surface area contributed by atoms with E-state index in [1.165, 1.54) is 11.1 Å². The molecule has 1 N–H and O–H groups in total. The van der Waals surface area contributed by atoms with Gasteiger partial charge in [-0.2, -0.15) is 0 Å². The average Bonchev–Trinajstić information content (AvgIpc) is 2.68. The highest BCUT2D eigenvalue weighted by Crippen LogP contribution is 2.16. The standard InChI is InChI=1S/C20H25N3O2/c1-2-16-3-5-17(6-4-16)7-10-20(24)22-19-9-8-18(15-21-19)23-11-13-25-14-12-23/h3-6,8-9,15H,2,7,10-14H2,1H3,(H,21,22,24). The molecule has 1 amide bonds. The van der Waals surface area contributed by atoms with Crippen molar-refractivity contribution in [2.45, 2.75) is 26.2 Å². The number of aryl methyl sites for hydroxylation is 2. The van der Waals surface area contributed by atoms with Gasteiger partial charge in [-0.05, 0) is 36.1 Å². The van der Waals surface area contributed by atoms with Crippen LogP contribution in [0.25, 0.3) is 0 Å². The molecular weight excluding hydrogens is 314 g/mol. The van der Waals surface area contributed by atoms with E-state index in [0.29, 0.717) is 12.2 Å². The lowest BCUT2D eigenvalue weighted by Gasteiger charge is -2.28. The second-order valence-corrected chi connectivity index (χ2v) is 6.22. The number of nitrogens with zero attached hydrogens (tertiary/aromatic N) is 2. The molecule has 0 spiro atoms. The molecule has 1 aromatic heterocycles. The van der Waals surface area contributed by atoms with Crippen molar-refractivity contribution in [3.63, 3.8) is 0 Å². The number of hydrogen-bond acceptors (Lipinski definition) is 4.